The Balaban J connectivity index is 2.25. The number of nitrogens with zero attached hydrogens (tertiary/aromatic N) is 2. The van der Waals surface area contributed by atoms with Gasteiger partial charge in [0.05, 0.1) is 5.56 Å². The minimum Gasteiger partial charge on any atom is -0.399 e. The van der Waals surface area contributed by atoms with Crippen molar-refractivity contribution in [3.05, 3.63) is 41.2 Å². The molecule has 5 N–H and O–H groups in total. The lowest BCUT2D eigenvalue weighted by Crippen LogP contribution is -2.16. The van der Waals surface area contributed by atoms with Gasteiger partial charge in [-0.15, -0.1) is 0 Å². The normalized spacial score (nSPS) is 10.2. The lowest BCUT2D eigenvalue weighted by molar-refractivity contribution is 0.102. The van der Waals surface area contributed by atoms with Crippen LogP contribution in [0.4, 0.5) is 17.3 Å². The third kappa shape index (κ3) is 2.98. The molecule has 2 rings (SSSR count). The fraction of sp³-hybridized carbons (Fsp3) is 0.154. The van der Waals surface area contributed by atoms with Gasteiger partial charge in [0, 0.05) is 22.8 Å². The SMILES string of the molecule is Cc1cc(C)nc(NC(=O)c2ccc(N)cc2N)n1. The molecule has 0 unspecified atom stereocenters. The zero-order chi connectivity index (χ0) is 14.0. The van der Waals surface area contributed by atoms with Crippen LogP contribution in [-0.4, -0.2) is 15.9 Å². The third-order valence-corrected chi connectivity index (χ3v) is 2.53. The Morgan fingerprint density at radius 2 is 1.74 bits per heavy atom. The van der Waals surface area contributed by atoms with Crippen LogP contribution in [0.2, 0.25) is 0 Å². The number of aromatic nitrogens is 2. The molecule has 0 aliphatic carbocycles. The molecule has 2 aromatic rings. The highest BCUT2D eigenvalue weighted by molar-refractivity contribution is 6.07. The van der Waals surface area contributed by atoms with Gasteiger partial charge in [0.25, 0.3) is 5.91 Å². The van der Waals surface area contributed by atoms with Crippen molar-refractivity contribution in [3.63, 3.8) is 0 Å². The van der Waals surface area contributed by atoms with E-state index in [-0.39, 0.29) is 11.9 Å². The van der Waals surface area contributed by atoms with Gasteiger partial charge in [-0.25, -0.2) is 9.97 Å². The molecule has 6 nitrogen and oxygen atoms in total. The van der Waals surface area contributed by atoms with Crippen molar-refractivity contribution < 1.29 is 4.79 Å². The van der Waals surface area contributed by atoms with Crippen LogP contribution in [0.15, 0.2) is 24.3 Å². The van der Waals surface area contributed by atoms with Gasteiger partial charge < -0.3 is 11.5 Å². The van der Waals surface area contributed by atoms with Crippen LogP contribution in [0, 0.1) is 13.8 Å². The van der Waals surface area contributed by atoms with Crippen LogP contribution in [0.1, 0.15) is 21.7 Å². The monoisotopic (exact) mass is 257 g/mol. The summed E-state index contributed by atoms with van der Waals surface area (Å²) in [7, 11) is 0. The molecule has 1 aromatic carbocycles. The summed E-state index contributed by atoms with van der Waals surface area (Å²) in [5.74, 6) is -0.0961. The Morgan fingerprint density at radius 1 is 1.11 bits per heavy atom. The summed E-state index contributed by atoms with van der Waals surface area (Å²) >= 11 is 0. The van der Waals surface area contributed by atoms with Gasteiger partial charge in [0.2, 0.25) is 5.95 Å². The standard InChI is InChI=1S/C13H15N5O/c1-7-5-8(2)17-13(16-7)18-12(19)10-4-3-9(14)6-11(10)15/h3-6H,14-15H2,1-2H3,(H,16,17,18,19). The predicted octanol–water partition coefficient (Wildman–Crippen LogP) is 1.51. The molecule has 0 radical (unpaired) electrons. The van der Waals surface area contributed by atoms with Crippen LogP contribution in [0.25, 0.3) is 0 Å². The molecular formula is C13H15N5O. The second-order valence-corrected chi connectivity index (χ2v) is 4.28. The maximum Gasteiger partial charge on any atom is 0.260 e. The van der Waals surface area contributed by atoms with E-state index in [2.05, 4.69) is 15.3 Å². The number of carbonyl (C=O) groups is 1. The van der Waals surface area contributed by atoms with Gasteiger partial charge in [-0.1, -0.05) is 0 Å². The number of nitrogens with one attached hydrogen (secondary N) is 1. The topological polar surface area (TPSA) is 107 Å². The van der Waals surface area contributed by atoms with Gasteiger partial charge in [-0.2, -0.15) is 0 Å². The molecule has 19 heavy (non-hydrogen) atoms. The zero-order valence-corrected chi connectivity index (χ0v) is 10.8. The number of nitrogen functional groups attached to an aromatic ring is 2. The average Bonchev–Trinajstić information content (AvgIpc) is 2.26. The summed E-state index contributed by atoms with van der Waals surface area (Å²) in [5.41, 5.74) is 14.1. The lowest BCUT2D eigenvalue weighted by Gasteiger charge is -2.08. The molecule has 0 saturated carbocycles. The predicted molar refractivity (Wildman–Crippen MR) is 74.7 cm³/mol. The Bertz CT molecular complexity index is 619. The molecule has 6 heteroatoms. The summed E-state index contributed by atoms with van der Waals surface area (Å²) in [5, 5.41) is 2.62. The van der Waals surface area contributed by atoms with E-state index in [1.807, 2.05) is 19.9 Å². The molecule has 1 amide bonds. The van der Waals surface area contributed by atoms with Gasteiger partial charge in [0.1, 0.15) is 0 Å². The second-order valence-electron chi connectivity index (χ2n) is 4.28. The summed E-state index contributed by atoms with van der Waals surface area (Å²) < 4.78 is 0. The van der Waals surface area contributed by atoms with Crippen LogP contribution >= 0.6 is 0 Å². The van der Waals surface area contributed by atoms with Crippen molar-refractivity contribution in [1.82, 2.24) is 9.97 Å². The number of hydrogen-bond donors (Lipinski definition) is 3. The van der Waals surface area contributed by atoms with E-state index in [0.717, 1.165) is 11.4 Å². The molecule has 0 bridgehead atoms. The number of anilines is 3. The number of hydrogen-bond acceptors (Lipinski definition) is 5. The van der Waals surface area contributed by atoms with Crippen molar-refractivity contribution in [2.75, 3.05) is 16.8 Å². The second kappa shape index (κ2) is 4.93. The van der Waals surface area contributed by atoms with Crippen molar-refractivity contribution in [2.24, 2.45) is 0 Å². The zero-order valence-electron chi connectivity index (χ0n) is 10.8. The number of rotatable bonds is 2. The van der Waals surface area contributed by atoms with Crippen LogP contribution in [0.5, 0.6) is 0 Å². The summed E-state index contributed by atoms with van der Waals surface area (Å²) in [4.78, 5) is 20.3. The van der Waals surface area contributed by atoms with Gasteiger partial charge in [-0.3, -0.25) is 10.1 Å². The third-order valence-electron chi connectivity index (χ3n) is 2.53. The first-order valence-electron chi connectivity index (χ1n) is 5.74. The first-order valence-corrected chi connectivity index (χ1v) is 5.74. The highest BCUT2D eigenvalue weighted by Gasteiger charge is 2.11. The summed E-state index contributed by atoms with van der Waals surface area (Å²) in [6, 6.07) is 6.56. The van der Waals surface area contributed by atoms with E-state index >= 15 is 0 Å². The minimum atomic E-state index is -0.359. The fourth-order valence-corrected chi connectivity index (χ4v) is 1.74. The van der Waals surface area contributed by atoms with E-state index in [9.17, 15) is 4.79 Å². The maximum absolute atomic E-state index is 12.1. The van der Waals surface area contributed by atoms with Crippen molar-refractivity contribution >= 4 is 23.2 Å². The number of nitrogens with two attached hydrogens (primary N) is 2. The smallest absolute Gasteiger partial charge is 0.260 e. The van der Waals surface area contributed by atoms with Crippen molar-refractivity contribution in [2.45, 2.75) is 13.8 Å². The van der Waals surface area contributed by atoms with E-state index in [4.69, 9.17) is 11.5 Å². The molecule has 98 valence electrons. The fourth-order valence-electron chi connectivity index (χ4n) is 1.74. The van der Waals surface area contributed by atoms with Crippen LogP contribution in [-0.2, 0) is 0 Å². The maximum atomic E-state index is 12.1. The van der Waals surface area contributed by atoms with Crippen molar-refractivity contribution in [1.29, 1.82) is 0 Å². The van der Waals surface area contributed by atoms with E-state index in [1.54, 1.807) is 12.1 Å². The molecule has 0 atom stereocenters. The molecule has 1 heterocycles. The average molecular weight is 257 g/mol. The molecule has 0 aliphatic rings. The minimum absolute atomic E-state index is 0.263. The first-order chi connectivity index (χ1) is 8.95. The highest BCUT2D eigenvalue weighted by Crippen LogP contribution is 2.16. The number of aryl methyl sites for hydroxylation is 2. The number of amides is 1. The Morgan fingerprint density at radius 3 is 2.32 bits per heavy atom. The summed E-state index contributed by atoms with van der Waals surface area (Å²) in [6.07, 6.45) is 0. The summed E-state index contributed by atoms with van der Waals surface area (Å²) in [6.45, 7) is 3.67. The molecule has 1 aromatic heterocycles. The van der Waals surface area contributed by atoms with E-state index < -0.39 is 0 Å². The van der Waals surface area contributed by atoms with Crippen LogP contribution in [0.3, 0.4) is 0 Å². The van der Waals surface area contributed by atoms with Gasteiger partial charge in [-0.05, 0) is 38.1 Å². The Labute approximate surface area is 110 Å². The van der Waals surface area contributed by atoms with Crippen molar-refractivity contribution in [3.8, 4) is 0 Å². The first kappa shape index (κ1) is 12.8. The quantitative estimate of drug-likeness (QED) is 0.707. The van der Waals surface area contributed by atoms with E-state index in [1.165, 1.54) is 6.07 Å². The Kier molecular flexibility index (Phi) is 3.33. The number of carbonyl (C=O) groups excluding carboxylic acids is 1. The van der Waals surface area contributed by atoms with Crippen LogP contribution < -0.4 is 16.8 Å². The van der Waals surface area contributed by atoms with Gasteiger partial charge in [0.15, 0.2) is 0 Å². The molecule has 0 aliphatic heterocycles. The number of benzene rings is 1. The molecule has 0 saturated heterocycles. The molecule has 0 fully saturated rings. The Hall–Kier alpha value is -2.63. The largest absolute Gasteiger partial charge is 0.399 e. The lowest BCUT2D eigenvalue weighted by atomic mass is 10.1. The molecule has 0 spiro atoms. The highest BCUT2D eigenvalue weighted by atomic mass is 16.1. The molecular weight excluding hydrogens is 242 g/mol. The van der Waals surface area contributed by atoms with E-state index in [0.29, 0.717) is 16.9 Å². The van der Waals surface area contributed by atoms with Gasteiger partial charge >= 0.3 is 0 Å².